The van der Waals surface area contributed by atoms with Crippen molar-refractivity contribution in [1.29, 1.82) is 0 Å². The molecule has 4 heteroatoms. The lowest BCUT2D eigenvalue weighted by molar-refractivity contribution is -0.138. The Balaban J connectivity index is 2.43. The van der Waals surface area contributed by atoms with Crippen LogP contribution in [-0.2, 0) is 11.2 Å². The van der Waals surface area contributed by atoms with E-state index >= 15 is 0 Å². The number of carboxylic acid groups (broad SMARTS) is 1. The summed E-state index contributed by atoms with van der Waals surface area (Å²) < 4.78 is 18.6. The van der Waals surface area contributed by atoms with Crippen LogP contribution in [0.2, 0.25) is 0 Å². The average Bonchev–Trinajstić information content (AvgIpc) is 2.46. The van der Waals surface area contributed by atoms with Crippen molar-refractivity contribution >= 4 is 5.97 Å². The monoisotopic (exact) mass is 288 g/mol. The van der Waals surface area contributed by atoms with Gasteiger partial charge in [-0.1, -0.05) is 24.3 Å². The van der Waals surface area contributed by atoms with Crippen molar-refractivity contribution in [2.24, 2.45) is 0 Å². The highest BCUT2D eigenvalue weighted by atomic mass is 19.1. The number of aryl methyl sites for hydroxylation is 1. The third-order valence-corrected chi connectivity index (χ3v) is 3.55. The number of hydrogen-bond acceptors (Lipinski definition) is 2. The number of hydrogen-bond donors (Lipinski definition) is 1. The molecule has 0 amide bonds. The molecule has 1 atom stereocenters. The summed E-state index contributed by atoms with van der Waals surface area (Å²) >= 11 is 0. The maximum Gasteiger partial charge on any atom is 0.311 e. The minimum atomic E-state index is -0.998. The van der Waals surface area contributed by atoms with Gasteiger partial charge < -0.3 is 9.84 Å². The van der Waals surface area contributed by atoms with Gasteiger partial charge in [-0.25, -0.2) is 4.39 Å². The Morgan fingerprint density at radius 3 is 2.62 bits per heavy atom. The zero-order valence-corrected chi connectivity index (χ0v) is 12.0. The first-order valence-corrected chi connectivity index (χ1v) is 6.63. The number of ether oxygens (including phenoxy) is 1. The fourth-order valence-corrected chi connectivity index (χ4v) is 2.37. The largest absolute Gasteiger partial charge is 0.496 e. The van der Waals surface area contributed by atoms with Crippen molar-refractivity contribution in [2.45, 2.75) is 19.3 Å². The van der Waals surface area contributed by atoms with E-state index in [0.717, 1.165) is 11.1 Å². The molecule has 0 fully saturated rings. The first-order chi connectivity index (χ1) is 10.0. The van der Waals surface area contributed by atoms with Crippen molar-refractivity contribution in [3.8, 4) is 5.75 Å². The third kappa shape index (κ3) is 3.40. The molecule has 0 radical (unpaired) electrons. The summed E-state index contributed by atoms with van der Waals surface area (Å²) in [6, 6.07) is 11.5. The highest BCUT2D eigenvalue weighted by Crippen LogP contribution is 2.31. The smallest absolute Gasteiger partial charge is 0.311 e. The van der Waals surface area contributed by atoms with Crippen LogP contribution in [0, 0.1) is 12.7 Å². The van der Waals surface area contributed by atoms with E-state index in [1.807, 2.05) is 31.2 Å². The molecule has 2 rings (SSSR count). The molecule has 0 aliphatic heterocycles. The summed E-state index contributed by atoms with van der Waals surface area (Å²) in [7, 11) is 1.45. The summed E-state index contributed by atoms with van der Waals surface area (Å²) in [6.07, 6.45) is 0.293. The second-order valence-electron chi connectivity index (χ2n) is 4.91. The summed E-state index contributed by atoms with van der Waals surface area (Å²) in [5.41, 5.74) is 2.29. The van der Waals surface area contributed by atoms with Gasteiger partial charge in [0.2, 0.25) is 0 Å². The van der Waals surface area contributed by atoms with Crippen LogP contribution in [-0.4, -0.2) is 18.2 Å². The van der Waals surface area contributed by atoms with E-state index in [4.69, 9.17) is 4.74 Å². The van der Waals surface area contributed by atoms with E-state index in [-0.39, 0.29) is 0 Å². The fourth-order valence-electron chi connectivity index (χ4n) is 2.37. The number of methoxy groups -OCH3 is 1. The molecule has 110 valence electrons. The summed E-state index contributed by atoms with van der Waals surface area (Å²) in [5, 5.41) is 9.51. The Kier molecular flexibility index (Phi) is 4.58. The van der Waals surface area contributed by atoms with Crippen LogP contribution >= 0.6 is 0 Å². The predicted molar refractivity (Wildman–Crippen MR) is 78.2 cm³/mol. The van der Waals surface area contributed by atoms with Gasteiger partial charge in [0, 0.05) is 5.56 Å². The van der Waals surface area contributed by atoms with E-state index < -0.39 is 17.7 Å². The first kappa shape index (κ1) is 15.0. The Labute approximate surface area is 123 Å². The fraction of sp³-hybridized carbons (Fsp3) is 0.235. The van der Waals surface area contributed by atoms with Gasteiger partial charge in [0.15, 0.2) is 0 Å². The summed E-state index contributed by atoms with van der Waals surface area (Å²) in [6.45, 7) is 1.93. The van der Waals surface area contributed by atoms with Gasteiger partial charge in [-0.15, -0.1) is 0 Å². The summed E-state index contributed by atoms with van der Waals surface area (Å²) in [5.74, 6) is -1.93. The lowest BCUT2D eigenvalue weighted by atomic mass is 9.89. The number of benzene rings is 2. The van der Waals surface area contributed by atoms with Gasteiger partial charge in [-0.2, -0.15) is 0 Å². The molecule has 0 bridgehead atoms. The van der Waals surface area contributed by atoms with E-state index in [9.17, 15) is 14.3 Å². The van der Waals surface area contributed by atoms with E-state index in [0.29, 0.717) is 17.7 Å². The molecule has 0 saturated carbocycles. The zero-order chi connectivity index (χ0) is 15.4. The molecule has 0 spiro atoms. The van der Waals surface area contributed by atoms with Crippen molar-refractivity contribution < 1.29 is 19.0 Å². The standard InChI is InChI=1S/C17H17FO3/c1-11-5-3-4-6-12(11)9-15(17(19)20)14-10-13(18)7-8-16(14)21-2/h3-8,10,15H,9H2,1-2H3,(H,19,20). The number of carboxylic acids is 1. The maximum atomic E-state index is 13.5. The van der Waals surface area contributed by atoms with Gasteiger partial charge in [0.25, 0.3) is 0 Å². The van der Waals surface area contributed by atoms with Gasteiger partial charge in [0.05, 0.1) is 13.0 Å². The van der Waals surface area contributed by atoms with E-state index in [1.165, 1.54) is 25.3 Å². The first-order valence-electron chi connectivity index (χ1n) is 6.63. The van der Waals surface area contributed by atoms with Crippen LogP contribution in [0.25, 0.3) is 0 Å². The SMILES string of the molecule is COc1ccc(F)cc1C(Cc1ccccc1C)C(=O)O. The molecule has 0 saturated heterocycles. The molecule has 2 aromatic rings. The summed E-state index contributed by atoms with van der Waals surface area (Å²) in [4.78, 5) is 11.6. The number of carbonyl (C=O) groups is 1. The Morgan fingerprint density at radius 2 is 2.00 bits per heavy atom. The van der Waals surface area contributed by atoms with Gasteiger partial charge in [-0.3, -0.25) is 4.79 Å². The zero-order valence-electron chi connectivity index (χ0n) is 12.0. The Morgan fingerprint density at radius 1 is 1.29 bits per heavy atom. The van der Waals surface area contributed by atoms with Crippen LogP contribution in [0.5, 0.6) is 5.75 Å². The van der Waals surface area contributed by atoms with Gasteiger partial charge in [-0.05, 0) is 42.7 Å². The highest BCUT2D eigenvalue weighted by molar-refractivity contribution is 5.77. The molecule has 1 N–H and O–H groups in total. The highest BCUT2D eigenvalue weighted by Gasteiger charge is 2.25. The minimum Gasteiger partial charge on any atom is -0.496 e. The van der Waals surface area contributed by atoms with Crippen molar-refractivity contribution in [3.63, 3.8) is 0 Å². The van der Waals surface area contributed by atoms with Crippen LogP contribution in [0.4, 0.5) is 4.39 Å². The number of aliphatic carboxylic acids is 1. The maximum absolute atomic E-state index is 13.5. The van der Waals surface area contributed by atoms with Crippen molar-refractivity contribution in [2.75, 3.05) is 7.11 Å². The molecule has 3 nitrogen and oxygen atoms in total. The minimum absolute atomic E-state index is 0.293. The van der Waals surface area contributed by atoms with Crippen molar-refractivity contribution in [3.05, 3.63) is 65.0 Å². The van der Waals surface area contributed by atoms with E-state index in [2.05, 4.69) is 0 Å². The normalized spacial score (nSPS) is 12.0. The van der Waals surface area contributed by atoms with Crippen LogP contribution < -0.4 is 4.74 Å². The van der Waals surface area contributed by atoms with Crippen LogP contribution in [0.1, 0.15) is 22.6 Å². The number of halogens is 1. The topological polar surface area (TPSA) is 46.5 Å². The molecular formula is C17H17FO3. The molecule has 2 aromatic carbocycles. The second-order valence-corrected chi connectivity index (χ2v) is 4.91. The molecular weight excluding hydrogens is 271 g/mol. The number of rotatable bonds is 5. The predicted octanol–water partition coefficient (Wildman–Crippen LogP) is 3.55. The van der Waals surface area contributed by atoms with Crippen molar-refractivity contribution in [1.82, 2.24) is 0 Å². The molecule has 0 aliphatic carbocycles. The van der Waals surface area contributed by atoms with Gasteiger partial charge in [0.1, 0.15) is 11.6 Å². The average molecular weight is 288 g/mol. The third-order valence-electron chi connectivity index (χ3n) is 3.55. The quantitative estimate of drug-likeness (QED) is 0.915. The molecule has 21 heavy (non-hydrogen) atoms. The Bertz CT molecular complexity index is 652. The molecule has 1 unspecified atom stereocenters. The van der Waals surface area contributed by atoms with Crippen LogP contribution in [0.15, 0.2) is 42.5 Å². The lowest BCUT2D eigenvalue weighted by Crippen LogP contribution is -2.16. The van der Waals surface area contributed by atoms with Gasteiger partial charge >= 0.3 is 5.97 Å². The molecule has 0 aromatic heterocycles. The molecule has 0 heterocycles. The second kappa shape index (κ2) is 6.39. The van der Waals surface area contributed by atoms with E-state index in [1.54, 1.807) is 0 Å². The Hall–Kier alpha value is -2.36. The lowest BCUT2D eigenvalue weighted by Gasteiger charge is -2.17. The van der Waals surface area contributed by atoms with Crippen LogP contribution in [0.3, 0.4) is 0 Å². The molecule has 0 aliphatic rings.